The topological polar surface area (TPSA) is 63.4 Å². The van der Waals surface area contributed by atoms with E-state index in [0.29, 0.717) is 19.2 Å². The van der Waals surface area contributed by atoms with Crippen LogP contribution < -0.4 is 4.74 Å². The molecule has 2 heterocycles. The Morgan fingerprint density at radius 3 is 2.79 bits per heavy atom. The maximum atomic E-state index is 10.3. The fraction of sp³-hybridized carbons (Fsp3) is 0.556. The molecule has 0 spiro atoms. The standard InChI is InChI=1S/C18H26N4O2/c1-14-19-15(2)22(20-14)11-16-7-6-10-21(16)12-17(23)13-24-18-8-4-3-5-9-18/h3-5,8-9,16-17,23H,6-7,10-13H2,1-2H3. The molecular weight excluding hydrogens is 304 g/mol. The molecule has 1 aliphatic heterocycles. The van der Waals surface area contributed by atoms with Crippen LogP contribution in [-0.4, -0.2) is 56.6 Å². The summed E-state index contributed by atoms with van der Waals surface area (Å²) in [6, 6.07) is 10.0. The second-order valence-corrected chi connectivity index (χ2v) is 6.46. The van der Waals surface area contributed by atoms with Gasteiger partial charge < -0.3 is 9.84 Å². The molecule has 2 atom stereocenters. The SMILES string of the molecule is Cc1nc(C)n(CC2CCCN2CC(O)COc2ccccc2)n1. The van der Waals surface area contributed by atoms with Gasteiger partial charge in [0, 0.05) is 12.6 Å². The summed E-state index contributed by atoms with van der Waals surface area (Å²) in [5.74, 6) is 2.56. The largest absolute Gasteiger partial charge is 0.491 e. The number of aryl methyl sites for hydroxylation is 2. The highest BCUT2D eigenvalue weighted by atomic mass is 16.5. The van der Waals surface area contributed by atoms with Crippen molar-refractivity contribution in [3.8, 4) is 5.75 Å². The minimum atomic E-state index is -0.496. The molecule has 1 aliphatic rings. The zero-order valence-corrected chi connectivity index (χ0v) is 14.4. The third kappa shape index (κ3) is 4.33. The maximum absolute atomic E-state index is 10.3. The van der Waals surface area contributed by atoms with Gasteiger partial charge in [0.25, 0.3) is 0 Å². The first-order chi connectivity index (χ1) is 11.6. The molecule has 0 saturated carbocycles. The van der Waals surface area contributed by atoms with E-state index in [1.54, 1.807) is 0 Å². The van der Waals surface area contributed by atoms with Crippen LogP contribution in [0.5, 0.6) is 5.75 Å². The lowest BCUT2D eigenvalue weighted by Gasteiger charge is -2.27. The lowest BCUT2D eigenvalue weighted by molar-refractivity contribution is 0.0608. The second-order valence-electron chi connectivity index (χ2n) is 6.46. The van der Waals surface area contributed by atoms with Gasteiger partial charge in [-0.3, -0.25) is 4.90 Å². The van der Waals surface area contributed by atoms with Crippen LogP contribution >= 0.6 is 0 Å². The number of rotatable bonds is 7. The van der Waals surface area contributed by atoms with E-state index in [9.17, 15) is 5.11 Å². The van der Waals surface area contributed by atoms with E-state index in [0.717, 1.165) is 43.3 Å². The molecule has 0 aliphatic carbocycles. The molecule has 2 unspecified atom stereocenters. The van der Waals surface area contributed by atoms with Gasteiger partial charge in [-0.2, -0.15) is 5.10 Å². The van der Waals surface area contributed by atoms with Crippen molar-refractivity contribution < 1.29 is 9.84 Å². The molecule has 1 fully saturated rings. The number of nitrogens with zero attached hydrogens (tertiary/aromatic N) is 4. The quantitative estimate of drug-likeness (QED) is 0.839. The molecule has 6 nitrogen and oxygen atoms in total. The molecule has 3 rings (SSSR count). The molecule has 2 aromatic rings. The minimum absolute atomic E-state index is 0.314. The highest BCUT2D eigenvalue weighted by molar-refractivity contribution is 5.20. The van der Waals surface area contributed by atoms with Crippen LogP contribution in [0.15, 0.2) is 30.3 Å². The van der Waals surface area contributed by atoms with E-state index >= 15 is 0 Å². The van der Waals surface area contributed by atoms with Gasteiger partial charge in [-0.05, 0) is 45.4 Å². The van der Waals surface area contributed by atoms with Crippen molar-refractivity contribution in [3.05, 3.63) is 42.0 Å². The number of aliphatic hydroxyl groups is 1. The molecule has 1 aromatic carbocycles. The molecule has 0 bridgehead atoms. The van der Waals surface area contributed by atoms with Gasteiger partial charge in [0.1, 0.15) is 30.1 Å². The Morgan fingerprint density at radius 2 is 2.08 bits per heavy atom. The average Bonchev–Trinajstić information content (AvgIpc) is 3.13. The average molecular weight is 330 g/mol. The van der Waals surface area contributed by atoms with Crippen molar-refractivity contribution >= 4 is 0 Å². The van der Waals surface area contributed by atoms with Gasteiger partial charge >= 0.3 is 0 Å². The Labute approximate surface area is 143 Å². The fourth-order valence-corrected chi connectivity index (χ4v) is 3.31. The smallest absolute Gasteiger partial charge is 0.147 e. The first-order valence-electron chi connectivity index (χ1n) is 8.60. The Bertz CT molecular complexity index is 644. The van der Waals surface area contributed by atoms with E-state index in [1.165, 1.54) is 0 Å². The summed E-state index contributed by atoms with van der Waals surface area (Å²) in [5, 5.41) is 14.8. The zero-order valence-electron chi connectivity index (χ0n) is 14.4. The normalized spacial score (nSPS) is 19.5. The van der Waals surface area contributed by atoms with E-state index < -0.39 is 6.10 Å². The Morgan fingerprint density at radius 1 is 1.29 bits per heavy atom. The molecule has 1 N–H and O–H groups in total. The van der Waals surface area contributed by atoms with Gasteiger partial charge in [0.2, 0.25) is 0 Å². The van der Waals surface area contributed by atoms with Crippen LogP contribution in [-0.2, 0) is 6.54 Å². The molecule has 0 radical (unpaired) electrons. The summed E-state index contributed by atoms with van der Waals surface area (Å²) in [6.07, 6.45) is 1.79. The summed E-state index contributed by atoms with van der Waals surface area (Å²) in [4.78, 5) is 6.71. The van der Waals surface area contributed by atoms with E-state index in [2.05, 4.69) is 15.0 Å². The predicted octanol–water partition coefficient (Wildman–Crippen LogP) is 1.80. The van der Waals surface area contributed by atoms with Gasteiger partial charge in [-0.1, -0.05) is 18.2 Å². The number of para-hydroxylation sites is 1. The van der Waals surface area contributed by atoms with Crippen LogP contribution in [0.2, 0.25) is 0 Å². The Hall–Kier alpha value is -1.92. The van der Waals surface area contributed by atoms with Crippen LogP contribution in [0.25, 0.3) is 0 Å². The lowest BCUT2D eigenvalue weighted by atomic mass is 10.2. The van der Waals surface area contributed by atoms with E-state index in [1.807, 2.05) is 48.9 Å². The van der Waals surface area contributed by atoms with Crippen molar-refractivity contribution in [2.24, 2.45) is 0 Å². The molecule has 130 valence electrons. The fourth-order valence-electron chi connectivity index (χ4n) is 3.31. The number of benzene rings is 1. The number of hydrogen-bond acceptors (Lipinski definition) is 5. The van der Waals surface area contributed by atoms with E-state index in [-0.39, 0.29) is 0 Å². The van der Waals surface area contributed by atoms with Crippen molar-refractivity contribution in [2.45, 2.75) is 45.4 Å². The maximum Gasteiger partial charge on any atom is 0.147 e. The van der Waals surface area contributed by atoms with Gasteiger partial charge in [-0.15, -0.1) is 0 Å². The number of β-amino-alcohol motifs (C(OH)–C–C–N with tert-alkyl or cyclic N) is 1. The number of hydrogen-bond donors (Lipinski definition) is 1. The zero-order chi connectivity index (χ0) is 16.9. The molecule has 24 heavy (non-hydrogen) atoms. The minimum Gasteiger partial charge on any atom is -0.491 e. The first-order valence-corrected chi connectivity index (χ1v) is 8.60. The number of likely N-dealkylation sites (tertiary alicyclic amines) is 1. The van der Waals surface area contributed by atoms with Crippen molar-refractivity contribution in [2.75, 3.05) is 19.7 Å². The molecule has 1 aromatic heterocycles. The van der Waals surface area contributed by atoms with Crippen molar-refractivity contribution in [3.63, 3.8) is 0 Å². The number of aliphatic hydroxyl groups excluding tert-OH is 1. The summed E-state index contributed by atoms with van der Waals surface area (Å²) < 4.78 is 7.63. The Balaban J connectivity index is 1.50. The van der Waals surface area contributed by atoms with Gasteiger partial charge in [0.05, 0.1) is 6.54 Å². The number of aromatic nitrogens is 3. The summed E-state index contributed by atoms with van der Waals surface area (Å²) in [7, 11) is 0. The van der Waals surface area contributed by atoms with Gasteiger partial charge in [-0.25, -0.2) is 9.67 Å². The first kappa shape index (κ1) is 16.9. The van der Waals surface area contributed by atoms with Crippen molar-refractivity contribution in [1.29, 1.82) is 0 Å². The monoisotopic (exact) mass is 330 g/mol. The summed E-state index contributed by atoms with van der Waals surface area (Å²) in [6.45, 7) is 6.69. The molecule has 6 heteroatoms. The van der Waals surface area contributed by atoms with Crippen LogP contribution in [0.3, 0.4) is 0 Å². The van der Waals surface area contributed by atoms with Crippen LogP contribution in [0.1, 0.15) is 24.5 Å². The molecular formula is C18H26N4O2. The van der Waals surface area contributed by atoms with E-state index in [4.69, 9.17) is 4.74 Å². The lowest BCUT2D eigenvalue weighted by Crippen LogP contribution is -2.40. The molecule has 0 amide bonds. The second kappa shape index (κ2) is 7.77. The van der Waals surface area contributed by atoms with Crippen LogP contribution in [0.4, 0.5) is 0 Å². The predicted molar refractivity (Wildman–Crippen MR) is 92.0 cm³/mol. The Kier molecular flexibility index (Phi) is 5.48. The number of ether oxygens (including phenoxy) is 1. The molecule has 1 saturated heterocycles. The highest BCUT2D eigenvalue weighted by Crippen LogP contribution is 2.20. The van der Waals surface area contributed by atoms with Gasteiger partial charge in [0.15, 0.2) is 0 Å². The third-order valence-electron chi connectivity index (χ3n) is 4.48. The highest BCUT2D eigenvalue weighted by Gasteiger charge is 2.27. The summed E-state index contributed by atoms with van der Waals surface area (Å²) in [5.41, 5.74) is 0. The summed E-state index contributed by atoms with van der Waals surface area (Å²) >= 11 is 0. The van der Waals surface area contributed by atoms with Crippen molar-refractivity contribution in [1.82, 2.24) is 19.7 Å². The van der Waals surface area contributed by atoms with Crippen LogP contribution in [0, 0.1) is 13.8 Å². The third-order valence-corrected chi connectivity index (χ3v) is 4.48.